The summed E-state index contributed by atoms with van der Waals surface area (Å²) in [5.41, 5.74) is 1.81. The number of ether oxygens (including phenoxy) is 3. The number of hydrogen-bond acceptors (Lipinski definition) is 5. The van der Waals surface area contributed by atoms with Crippen molar-refractivity contribution in [3.05, 3.63) is 65.7 Å². The van der Waals surface area contributed by atoms with E-state index >= 15 is 0 Å². The molecular formula is C19H19NO5. The van der Waals surface area contributed by atoms with Gasteiger partial charge in [-0.25, -0.2) is 9.59 Å². The highest BCUT2D eigenvalue weighted by Crippen LogP contribution is 2.18. The number of nitrogens with zero attached hydrogens (tertiary/aromatic N) is 1. The number of carbonyl (C=O) groups excluding carboxylic acids is 2. The van der Waals surface area contributed by atoms with E-state index in [2.05, 4.69) is 0 Å². The van der Waals surface area contributed by atoms with E-state index in [0.29, 0.717) is 6.54 Å². The Morgan fingerprint density at radius 3 is 2.52 bits per heavy atom. The van der Waals surface area contributed by atoms with Crippen LogP contribution in [0.2, 0.25) is 0 Å². The minimum atomic E-state index is -0.894. The number of carbonyl (C=O) groups is 2. The zero-order chi connectivity index (χ0) is 17.6. The standard InChI is InChI=1S/C19H19NO5/c1-23-16-9-7-14(8-10-16)11-20-12-17(25-19(20)22)18(21)24-13-15-5-3-2-4-6-15/h2-10,17H,11-13H2,1H3. The third-order valence-corrected chi connectivity index (χ3v) is 3.91. The summed E-state index contributed by atoms with van der Waals surface area (Å²) in [5.74, 6) is 0.213. The molecule has 1 aliphatic heterocycles. The minimum absolute atomic E-state index is 0.159. The number of cyclic esters (lactones) is 1. The van der Waals surface area contributed by atoms with Gasteiger partial charge in [-0.15, -0.1) is 0 Å². The van der Waals surface area contributed by atoms with Crippen molar-refractivity contribution >= 4 is 12.1 Å². The summed E-state index contributed by atoms with van der Waals surface area (Å²) in [6, 6.07) is 16.7. The van der Waals surface area contributed by atoms with Crippen molar-refractivity contribution in [2.45, 2.75) is 19.3 Å². The van der Waals surface area contributed by atoms with Gasteiger partial charge >= 0.3 is 12.1 Å². The average Bonchev–Trinajstić information content (AvgIpc) is 3.02. The molecule has 3 rings (SSSR count). The van der Waals surface area contributed by atoms with Crippen LogP contribution in [0.4, 0.5) is 4.79 Å². The van der Waals surface area contributed by atoms with Gasteiger partial charge in [-0.2, -0.15) is 0 Å². The van der Waals surface area contributed by atoms with E-state index in [-0.39, 0.29) is 13.2 Å². The van der Waals surface area contributed by atoms with Gasteiger partial charge in [0.25, 0.3) is 0 Å². The van der Waals surface area contributed by atoms with Crippen molar-refractivity contribution in [2.75, 3.05) is 13.7 Å². The average molecular weight is 341 g/mol. The van der Waals surface area contributed by atoms with Gasteiger partial charge in [0.15, 0.2) is 0 Å². The van der Waals surface area contributed by atoms with E-state index in [1.165, 1.54) is 4.90 Å². The van der Waals surface area contributed by atoms with Crippen LogP contribution in [-0.2, 0) is 27.4 Å². The van der Waals surface area contributed by atoms with Crippen LogP contribution in [0, 0.1) is 0 Å². The Bertz CT molecular complexity index is 729. The summed E-state index contributed by atoms with van der Waals surface area (Å²) in [5, 5.41) is 0. The van der Waals surface area contributed by atoms with Crippen LogP contribution in [0.1, 0.15) is 11.1 Å². The topological polar surface area (TPSA) is 65.1 Å². The van der Waals surface area contributed by atoms with E-state index in [0.717, 1.165) is 16.9 Å². The smallest absolute Gasteiger partial charge is 0.411 e. The van der Waals surface area contributed by atoms with Gasteiger partial charge in [0.05, 0.1) is 13.7 Å². The molecule has 0 bridgehead atoms. The first-order valence-corrected chi connectivity index (χ1v) is 7.95. The molecule has 6 heteroatoms. The third kappa shape index (κ3) is 4.29. The fraction of sp³-hybridized carbons (Fsp3) is 0.263. The maximum Gasteiger partial charge on any atom is 0.411 e. The van der Waals surface area contributed by atoms with Gasteiger partial charge in [0, 0.05) is 6.54 Å². The van der Waals surface area contributed by atoms with E-state index < -0.39 is 18.2 Å². The predicted octanol–water partition coefficient (Wildman–Crippen LogP) is 2.76. The molecule has 2 aromatic rings. The fourth-order valence-electron chi connectivity index (χ4n) is 2.53. The molecule has 1 aliphatic rings. The Kier molecular flexibility index (Phi) is 5.18. The van der Waals surface area contributed by atoms with Gasteiger partial charge in [-0.1, -0.05) is 42.5 Å². The summed E-state index contributed by atoms with van der Waals surface area (Å²) in [6.07, 6.45) is -1.41. The second-order valence-corrected chi connectivity index (χ2v) is 5.69. The van der Waals surface area contributed by atoms with E-state index in [4.69, 9.17) is 14.2 Å². The molecule has 25 heavy (non-hydrogen) atoms. The fourth-order valence-corrected chi connectivity index (χ4v) is 2.53. The van der Waals surface area contributed by atoms with Crippen LogP contribution < -0.4 is 4.74 Å². The van der Waals surface area contributed by atoms with Crippen LogP contribution in [-0.4, -0.2) is 36.7 Å². The number of rotatable bonds is 6. The van der Waals surface area contributed by atoms with Crippen molar-refractivity contribution in [1.82, 2.24) is 4.90 Å². The second-order valence-electron chi connectivity index (χ2n) is 5.69. The molecule has 1 fully saturated rings. The van der Waals surface area contributed by atoms with Gasteiger partial charge in [-0.05, 0) is 23.3 Å². The summed E-state index contributed by atoms with van der Waals surface area (Å²) < 4.78 is 15.5. The number of esters is 1. The summed E-state index contributed by atoms with van der Waals surface area (Å²) in [6.45, 7) is 0.704. The van der Waals surface area contributed by atoms with Crippen molar-refractivity contribution in [1.29, 1.82) is 0 Å². The lowest BCUT2D eigenvalue weighted by atomic mass is 10.2. The molecule has 0 saturated carbocycles. The monoisotopic (exact) mass is 341 g/mol. The molecule has 0 N–H and O–H groups in total. The Hall–Kier alpha value is -3.02. The van der Waals surface area contributed by atoms with Crippen LogP contribution in [0.5, 0.6) is 5.75 Å². The number of benzene rings is 2. The van der Waals surface area contributed by atoms with E-state index in [1.807, 2.05) is 54.6 Å². The van der Waals surface area contributed by atoms with E-state index in [9.17, 15) is 9.59 Å². The quantitative estimate of drug-likeness (QED) is 0.756. The molecular weight excluding hydrogens is 322 g/mol. The van der Waals surface area contributed by atoms with E-state index in [1.54, 1.807) is 7.11 Å². The molecule has 1 amide bonds. The molecule has 2 aromatic carbocycles. The molecule has 1 heterocycles. The Morgan fingerprint density at radius 1 is 1.12 bits per heavy atom. The molecule has 130 valence electrons. The van der Waals surface area contributed by atoms with Crippen LogP contribution in [0.15, 0.2) is 54.6 Å². The lowest BCUT2D eigenvalue weighted by Crippen LogP contribution is -2.29. The second kappa shape index (κ2) is 7.70. The highest BCUT2D eigenvalue weighted by Gasteiger charge is 2.37. The lowest BCUT2D eigenvalue weighted by molar-refractivity contribution is -0.153. The molecule has 1 saturated heterocycles. The molecule has 0 spiro atoms. The molecule has 6 nitrogen and oxygen atoms in total. The number of amides is 1. The van der Waals surface area contributed by atoms with Gasteiger partial charge < -0.3 is 14.2 Å². The van der Waals surface area contributed by atoms with Gasteiger partial charge in [-0.3, -0.25) is 4.90 Å². The predicted molar refractivity (Wildman–Crippen MR) is 89.9 cm³/mol. The minimum Gasteiger partial charge on any atom is -0.497 e. The molecule has 0 aromatic heterocycles. The Labute approximate surface area is 145 Å². The summed E-state index contributed by atoms with van der Waals surface area (Å²) >= 11 is 0. The molecule has 1 unspecified atom stereocenters. The SMILES string of the molecule is COc1ccc(CN2CC(C(=O)OCc3ccccc3)OC2=O)cc1. The van der Waals surface area contributed by atoms with Crippen molar-refractivity contribution in [2.24, 2.45) is 0 Å². The number of methoxy groups -OCH3 is 1. The molecule has 0 aliphatic carbocycles. The van der Waals surface area contributed by atoms with Crippen molar-refractivity contribution in [3.63, 3.8) is 0 Å². The van der Waals surface area contributed by atoms with Crippen LogP contribution in [0.3, 0.4) is 0 Å². The van der Waals surface area contributed by atoms with Crippen LogP contribution >= 0.6 is 0 Å². The largest absolute Gasteiger partial charge is 0.497 e. The first kappa shape index (κ1) is 16.8. The van der Waals surface area contributed by atoms with Gasteiger partial charge in [0.1, 0.15) is 12.4 Å². The zero-order valence-corrected chi connectivity index (χ0v) is 13.9. The summed E-state index contributed by atoms with van der Waals surface area (Å²) in [4.78, 5) is 25.5. The molecule has 0 radical (unpaired) electrons. The third-order valence-electron chi connectivity index (χ3n) is 3.91. The molecule has 1 atom stereocenters. The van der Waals surface area contributed by atoms with Crippen molar-refractivity contribution < 1.29 is 23.8 Å². The number of hydrogen-bond donors (Lipinski definition) is 0. The maximum atomic E-state index is 12.1. The van der Waals surface area contributed by atoms with Gasteiger partial charge in [0.2, 0.25) is 6.10 Å². The first-order chi connectivity index (χ1) is 12.2. The maximum absolute atomic E-state index is 12.1. The first-order valence-electron chi connectivity index (χ1n) is 7.95. The van der Waals surface area contributed by atoms with Crippen molar-refractivity contribution in [3.8, 4) is 5.75 Å². The zero-order valence-electron chi connectivity index (χ0n) is 13.9. The lowest BCUT2D eigenvalue weighted by Gasteiger charge is -2.13. The Balaban J connectivity index is 1.53. The highest BCUT2D eigenvalue weighted by atomic mass is 16.6. The summed E-state index contributed by atoms with van der Waals surface area (Å²) in [7, 11) is 1.60. The van der Waals surface area contributed by atoms with Crippen LogP contribution in [0.25, 0.3) is 0 Å². The highest BCUT2D eigenvalue weighted by molar-refractivity contribution is 5.82. The Morgan fingerprint density at radius 2 is 1.84 bits per heavy atom. The normalized spacial score (nSPS) is 16.4.